The van der Waals surface area contributed by atoms with Crippen molar-refractivity contribution < 1.29 is 27.1 Å². The number of rotatable bonds is 7. The van der Waals surface area contributed by atoms with E-state index in [-0.39, 0.29) is 17.2 Å². The van der Waals surface area contributed by atoms with Crippen LogP contribution in [0.3, 0.4) is 0 Å². The van der Waals surface area contributed by atoms with Gasteiger partial charge in [-0.05, 0) is 69.7 Å². The molecule has 0 aliphatic carbocycles. The van der Waals surface area contributed by atoms with E-state index in [4.69, 9.17) is 4.74 Å². The summed E-state index contributed by atoms with van der Waals surface area (Å²) in [5.41, 5.74) is 1.18. The summed E-state index contributed by atoms with van der Waals surface area (Å²) in [4.78, 5) is 29.0. The molecule has 3 aromatic rings. The van der Waals surface area contributed by atoms with Crippen LogP contribution in [0.2, 0.25) is 0 Å². The largest absolute Gasteiger partial charge is 0.494 e. The lowest BCUT2D eigenvalue weighted by molar-refractivity contribution is 0.0745. The fourth-order valence-corrected chi connectivity index (χ4v) is 4.72. The number of carbonyl (C=O) groups is 2. The number of ether oxygens (including phenoxy) is 1. The summed E-state index contributed by atoms with van der Waals surface area (Å²) in [6.45, 7) is 8.50. The van der Waals surface area contributed by atoms with Crippen LogP contribution >= 0.6 is 0 Å². The maximum Gasteiger partial charge on any atom is 0.285 e. The van der Waals surface area contributed by atoms with Gasteiger partial charge >= 0.3 is 0 Å². The molecule has 2 heterocycles. The van der Waals surface area contributed by atoms with E-state index in [1.54, 1.807) is 47.4 Å². The molecule has 0 atom stereocenters. The smallest absolute Gasteiger partial charge is 0.285 e. The Balaban J connectivity index is 1.37. The van der Waals surface area contributed by atoms with Crippen molar-refractivity contribution in [3.8, 4) is 16.9 Å². The Hall–Kier alpha value is -4.06. The van der Waals surface area contributed by atoms with Gasteiger partial charge in [0.2, 0.25) is 10.0 Å². The zero-order valence-corrected chi connectivity index (χ0v) is 23.7. The highest BCUT2D eigenvalue weighted by molar-refractivity contribution is 7.91. The number of benzene rings is 2. The summed E-state index contributed by atoms with van der Waals surface area (Å²) >= 11 is 0. The van der Waals surface area contributed by atoms with Gasteiger partial charge in [-0.25, -0.2) is 17.5 Å². The molecular weight excluding hydrogens is 537 g/mol. The van der Waals surface area contributed by atoms with Gasteiger partial charge in [0.25, 0.3) is 11.8 Å². The highest BCUT2D eigenvalue weighted by Gasteiger charge is 2.31. The second-order valence-electron chi connectivity index (χ2n) is 10.3. The SMILES string of the molecule is CCOc1cccc(-c2ccc(C(=O)N3CCN(c4ccc(C(=O)NS(=O)(=O)C(C)(C)C)nn4)CC3)cc2F)c1. The second-order valence-corrected chi connectivity index (χ2v) is 12.7. The third-order valence-corrected chi connectivity index (χ3v) is 8.55. The molecule has 0 bridgehead atoms. The number of sulfonamides is 1. The van der Waals surface area contributed by atoms with Crippen LogP contribution in [-0.2, 0) is 10.0 Å². The number of halogens is 1. The quantitative estimate of drug-likeness (QED) is 0.459. The van der Waals surface area contributed by atoms with Crippen molar-refractivity contribution in [2.75, 3.05) is 37.7 Å². The van der Waals surface area contributed by atoms with Crippen LogP contribution in [-0.4, -0.2) is 72.9 Å². The molecule has 10 nitrogen and oxygen atoms in total. The van der Waals surface area contributed by atoms with E-state index >= 15 is 4.39 Å². The van der Waals surface area contributed by atoms with Crippen LogP contribution in [0.4, 0.5) is 10.2 Å². The molecule has 1 aliphatic rings. The Bertz CT molecular complexity index is 1500. The van der Waals surface area contributed by atoms with Crippen molar-refractivity contribution in [2.24, 2.45) is 0 Å². The predicted molar refractivity (Wildman–Crippen MR) is 149 cm³/mol. The van der Waals surface area contributed by atoms with Crippen molar-refractivity contribution in [2.45, 2.75) is 32.4 Å². The third-order valence-electron chi connectivity index (χ3n) is 6.48. The lowest BCUT2D eigenvalue weighted by Gasteiger charge is -2.35. The molecule has 40 heavy (non-hydrogen) atoms. The number of aromatic nitrogens is 2. The van der Waals surface area contributed by atoms with Gasteiger partial charge in [0.15, 0.2) is 11.5 Å². The van der Waals surface area contributed by atoms with Gasteiger partial charge in [-0.1, -0.05) is 18.2 Å². The highest BCUT2D eigenvalue weighted by Crippen LogP contribution is 2.27. The number of carbonyl (C=O) groups excluding carboxylic acids is 2. The van der Waals surface area contributed by atoms with Gasteiger partial charge in [-0.3, -0.25) is 9.59 Å². The van der Waals surface area contributed by atoms with Gasteiger partial charge in [0, 0.05) is 37.3 Å². The van der Waals surface area contributed by atoms with Crippen molar-refractivity contribution in [3.63, 3.8) is 0 Å². The molecule has 212 valence electrons. The van der Waals surface area contributed by atoms with Crippen LogP contribution in [0.5, 0.6) is 5.75 Å². The lowest BCUT2D eigenvalue weighted by Crippen LogP contribution is -2.49. The minimum Gasteiger partial charge on any atom is -0.494 e. The van der Waals surface area contributed by atoms with E-state index in [9.17, 15) is 18.0 Å². The number of amides is 2. The summed E-state index contributed by atoms with van der Waals surface area (Å²) in [5, 5.41) is 7.95. The van der Waals surface area contributed by atoms with Crippen LogP contribution in [0.25, 0.3) is 11.1 Å². The number of nitrogens with one attached hydrogen (secondary N) is 1. The van der Waals surface area contributed by atoms with E-state index in [0.29, 0.717) is 55.5 Å². The summed E-state index contributed by atoms with van der Waals surface area (Å²) in [5.74, 6) is -0.482. The first-order chi connectivity index (χ1) is 18.9. The van der Waals surface area contributed by atoms with Gasteiger partial charge in [-0.15, -0.1) is 10.2 Å². The van der Waals surface area contributed by atoms with Crippen LogP contribution in [0.1, 0.15) is 48.5 Å². The molecule has 0 unspecified atom stereocenters. The van der Waals surface area contributed by atoms with Crippen LogP contribution < -0.4 is 14.4 Å². The molecular formula is C28H32FN5O5S. The van der Waals surface area contributed by atoms with E-state index < -0.39 is 26.5 Å². The predicted octanol–water partition coefficient (Wildman–Crippen LogP) is 3.50. The molecule has 4 rings (SSSR count). The van der Waals surface area contributed by atoms with E-state index in [1.807, 2.05) is 16.5 Å². The monoisotopic (exact) mass is 569 g/mol. The molecule has 1 fully saturated rings. The molecule has 0 spiro atoms. The first kappa shape index (κ1) is 28.9. The van der Waals surface area contributed by atoms with Gasteiger partial charge in [0.1, 0.15) is 11.6 Å². The first-order valence-corrected chi connectivity index (χ1v) is 14.4. The number of hydrogen-bond acceptors (Lipinski definition) is 8. The van der Waals surface area contributed by atoms with Crippen molar-refractivity contribution >= 4 is 27.7 Å². The zero-order chi connectivity index (χ0) is 29.1. The van der Waals surface area contributed by atoms with Crippen molar-refractivity contribution in [3.05, 3.63) is 71.7 Å². The minimum absolute atomic E-state index is 0.125. The average Bonchev–Trinajstić information content (AvgIpc) is 2.92. The fourth-order valence-electron chi connectivity index (χ4n) is 4.07. The molecule has 2 amide bonds. The Labute approximate surface area is 233 Å². The summed E-state index contributed by atoms with van der Waals surface area (Å²) in [7, 11) is -3.88. The van der Waals surface area contributed by atoms with Crippen LogP contribution in [0, 0.1) is 5.82 Å². The third kappa shape index (κ3) is 6.39. The molecule has 2 aromatic carbocycles. The Kier molecular flexibility index (Phi) is 8.38. The van der Waals surface area contributed by atoms with Gasteiger partial charge < -0.3 is 14.5 Å². The number of hydrogen-bond donors (Lipinski definition) is 1. The highest BCUT2D eigenvalue weighted by atomic mass is 32.2. The topological polar surface area (TPSA) is 122 Å². The molecule has 1 saturated heterocycles. The lowest BCUT2D eigenvalue weighted by atomic mass is 10.0. The standard InChI is InChI=1S/C28H32FN5O5S/c1-5-39-21-8-6-7-19(17-21)22-10-9-20(18-23(22)29)27(36)34-15-13-33(14-16-34)25-12-11-24(30-31-25)26(35)32-40(37,38)28(2,3)4/h6-12,17-18H,5,13-16H2,1-4H3,(H,32,35). The Morgan fingerprint density at radius 3 is 2.33 bits per heavy atom. The van der Waals surface area contributed by atoms with E-state index in [1.165, 1.54) is 32.9 Å². The first-order valence-electron chi connectivity index (χ1n) is 12.9. The molecule has 12 heteroatoms. The normalized spacial score (nSPS) is 14.1. The summed E-state index contributed by atoms with van der Waals surface area (Å²) in [6, 6.07) is 14.6. The molecule has 0 radical (unpaired) electrons. The van der Waals surface area contributed by atoms with Gasteiger partial charge in [-0.2, -0.15) is 0 Å². The van der Waals surface area contributed by atoms with E-state index in [2.05, 4.69) is 10.2 Å². The van der Waals surface area contributed by atoms with Crippen molar-refractivity contribution in [1.29, 1.82) is 0 Å². The van der Waals surface area contributed by atoms with Gasteiger partial charge in [0.05, 0.1) is 11.4 Å². The Morgan fingerprint density at radius 1 is 1.00 bits per heavy atom. The molecule has 1 aromatic heterocycles. The van der Waals surface area contributed by atoms with Crippen LogP contribution in [0.15, 0.2) is 54.6 Å². The number of piperazine rings is 1. The maximum atomic E-state index is 15.0. The number of anilines is 1. The second kappa shape index (κ2) is 11.6. The van der Waals surface area contributed by atoms with E-state index in [0.717, 1.165) is 0 Å². The molecule has 1 N–H and O–H groups in total. The molecule has 0 saturated carbocycles. The Morgan fingerprint density at radius 2 is 1.73 bits per heavy atom. The maximum absolute atomic E-state index is 15.0. The fraction of sp³-hybridized carbons (Fsp3) is 0.357. The zero-order valence-electron chi connectivity index (χ0n) is 22.8. The number of nitrogens with zero attached hydrogens (tertiary/aromatic N) is 4. The van der Waals surface area contributed by atoms with Crippen molar-refractivity contribution in [1.82, 2.24) is 19.8 Å². The average molecular weight is 570 g/mol. The summed E-state index contributed by atoms with van der Waals surface area (Å²) < 4.78 is 45.8. The minimum atomic E-state index is -3.88. The summed E-state index contributed by atoms with van der Waals surface area (Å²) in [6.07, 6.45) is 0. The molecule has 1 aliphatic heterocycles.